The van der Waals surface area contributed by atoms with Crippen molar-refractivity contribution in [2.24, 2.45) is 0 Å². The van der Waals surface area contributed by atoms with Crippen LogP contribution >= 0.6 is 11.3 Å². The monoisotopic (exact) mass is 406 g/mol. The number of furan rings is 1. The lowest BCUT2D eigenvalue weighted by atomic mass is 10.2. The molecule has 0 spiro atoms. The molecule has 0 N–H and O–H groups in total. The summed E-state index contributed by atoms with van der Waals surface area (Å²) in [7, 11) is 0. The average molecular weight is 407 g/mol. The van der Waals surface area contributed by atoms with Gasteiger partial charge in [0.15, 0.2) is 0 Å². The van der Waals surface area contributed by atoms with Gasteiger partial charge in [0.05, 0.1) is 29.1 Å². The predicted octanol–water partition coefficient (Wildman–Crippen LogP) is 3.95. The van der Waals surface area contributed by atoms with E-state index in [0.717, 1.165) is 65.0 Å². The summed E-state index contributed by atoms with van der Waals surface area (Å²) in [6, 6.07) is 16.0. The van der Waals surface area contributed by atoms with Gasteiger partial charge in [-0.05, 0) is 37.3 Å². The van der Waals surface area contributed by atoms with Crippen LogP contribution in [0.25, 0.3) is 15.9 Å². The number of aromatic nitrogens is 2. The number of rotatable bonds is 4. The van der Waals surface area contributed by atoms with Crippen molar-refractivity contribution in [3.63, 3.8) is 0 Å². The lowest BCUT2D eigenvalue weighted by Crippen LogP contribution is -2.48. The number of carbonyl (C=O) groups excluding carboxylic acids is 1. The first-order valence-corrected chi connectivity index (χ1v) is 10.6. The van der Waals surface area contributed by atoms with Gasteiger partial charge in [-0.1, -0.05) is 18.2 Å². The van der Waals surface area contributed by atoms with Crippen molar-refractivity contribution >= 4 is 27.5 Å². The molecule has 1 aromatic carbocycles. The van der Waals surface area contributed by atoms with Gasteiger partial charge in [-0.15, -0.1) is 11.3 Å². The highest BCUT2D eigenvalue weighted by Crippen LogP contribution is 2.31. The van der Waals surface area contributed by atoms with Crippen LogP contribution in [0.1, 0.15) is 21.1 Å². The van der Waals surface area contributed by atoms with E-state index in [0.29, 0.717) is 0 Å². The Labute approximate surface area is 172 Å². The normalized spacial score (nSPS) is 15.3. The zero-order chi connectivity index (χ0) is 19.8. The molecule has 1 amide bonds. The third-order valence-electron chi connectivity index (χ3n) is 5.38. The lowest BCUT2D eigenvalue weighted by Gasteiger charge is -2.34. The third-order valence-corrected chi connectivity index (χ3v) is 6.47. The van der Waals surface area contributed by atoms with Gasteiger partial charge in [0.1, 0.15) is 10.6 Å². The van der Waals surface area contributed by atoms with Crippen molar-refractivity contribution in [3.05, 3.63) is 71.1 Å². The Kier molecular flexibility index (Phi) is 4.69. The molecule has 0 unspecified atom stereocenters. The van der Waals surface area contributed by atoms with Crippen molar-refractivity contribution in [1.82, 2.24) is 19.6 Å². The van der Waals surface area contributed by atoms with E-state index in [-0.39, 0.29) is 5.91 Å². The van der Waals surface area contributed by atoms with Crippen LogP contribution in [0.5, 0.6) is 0 Å². The zero-order valence-electron chi connectivity index (χ0n) is 16.2. The minimum Gasteiger partial charge on any atom is -0.468 e. The van der Waals surface area contributed by atoms with E-state index in [4.69, 9.17) is 4.42 Å². The lowest BCUT2D eigenvalue weighted by molar-refractivity contribution is 0.0625. The van der Waals surface area contributed by atoms with E-state index < -0.39 is 0 Å². The maximum atomic E-state index is 13.1. The largest absolute Gasteiger partial charge is 0.468 e. The molecule has 29 heavy (non-hydrogen) atoms. The first-order valence-electron chi connectivity index (χ1n) is 9.77. The number of benzene rings is 1. The first-order chi connectivity index (χ1) is 14.2. The maximum absolute atomic E-state index is 13.1. The van der Waals surface area contributed by atoms with Crippen molar-refractivity contribution in [3.8, 4) is 5.69 Å². The van der Waals surface area contributed by atoms with Gasteiger partial charge in [-0.3, -0.25) is 9.69 Å². The van der Waals surface area contributed by atoms with Gasteiger partial charge >= 0.3 is 0 Å². The molecule has 6 nitrogen and oxygen atoms in total. The van der Waals surface area contributed by atoms with Crippen molar-refractivity contribution < 1.29 is 9.21 Å². The Balaban J connectivity index is 1.33. The van der Waals surface area contributed by atoms with Gasteiger partial charge in [-0.2, -0.15) is 5.10 Å². The number of hydrogen-bond acceptors (Lipinski definition) is 5. The van der Waals surface area contributed by atoms with Crippen LogP contribution < -0.4 is 0 Å². The summed E-state index contributed by atoms with van der Waals surface area (Å²) < 4.78 is 7.37. The van der Waals surface area contributed by atoms with E-state index in [1.165, 1.54) is 11.3 Å². The molecule has 148 valence electrons. The number of para-hydroxylation sites is 1. The van der Waals surface area contributed by atoms with Gasteiger partial charge in [0, 0.05) is 31.6 Å². The topological polar surface area (TPSA) is 54.5 Å². The number of nitrogens with zero attached hydrogens (tertiary/aromatic N) is 4. The predicted molar refractivity (Wildman–Crippen MR) is 114 cm³/mol. The number of hydrogen-bond donors (Lipinski definition) is 0. The number of fused-ring (bicyclic) bond motifs is 1. The van der Waals surface area contributed by atoms with Crippen LogP contribution in [0.4, 0.5) is 0 Å². The van der Waals surface area contributed by atoms with Crippen LogP contribution in [0.15, 0.2) is 59.2 Å². The van der Waals surface area contributed by atoms with Crippen molar-refractivity contribution in [2.75, 3.05) is 26.2 Å². The number of carbonyl (C=O) groups is 1. The first kappa shape index (κ1) is 18.1. The Morgan fingerprint density at radius 1 is 1.10 bits per heavy atom. The van der Waals surface area contributed by atoms with Crippen LogP contribution in [0.3, 0.4) is 0 Å². The highest BCUT2D eigenvalue weighted by molar-refractivity contribution is 7.20. The van der Waals surface area contributed by atoms with E-state index in [9.17, 15) is 4.79 Å². The highest BCUT2D eigenvalue weighted by Gasteiger charge is 2.25. The maximum Gasteiger partial charge on any atom is 0.264 e. The Morgan fingerprint density at radius 2 is 1.90 bits per heavy atom. The second kappa shape index (κ2) is 7.50. The Hall–Kier alpha value is -2.90. The zero-order valence-corrected chi connectivity index (χ0v) is 17.1. The fraction of sp³-hybridized carbons (Fsp3) is 0.273. The molecule has 0 atom stereocenters. The van der Waals surface area contributed by atoms with Crippen LogP contribution in [-0.4, -0.2) is 51.7 Å². The molecule has 1 saturated heterocycles. The van der Waals surface area contributed by atoms with Crippen molar-refractivity contribution in [1.29, 1.82) is 0 Å². The number of piperazine rings is 1. The molecular formula is C22H22N4O2S. The van der Waals surface area contributed by atoms with Crippen LogP contribution in [0.2, 0.25) is 0 Å². The molecule has 1 aliphatic heterocycles. The quantitative estimate of drug-likeness (QED) is 0.515. The molecule has 1 fully saturated rings. The molecule has 5 rings (SSSR count). The molecule has 7 heteroatoms. The SMILES string of the molecule is Cc1nn(-c2ccccc2)c2sc(C(=O)N3CCN(Cc4ccco4)CC3)cc12. The minimum absolute atomic E-state index is 0.114. The van der Waals surface area contributed by atoms with Gasteiger partial charge < -0.3 is 9.32 Å². The van der Waals surface area contributed by atoms with Crippen molar-refractivity contribution in [2.45, 2.75) is 13.5 Å². The summed E-state index contributed by atoms with van der Waals surface area (Å²) in [5.74, 6) is 1.08. The molecule has 0 aliphatic carbocycles. The smallest absolute Gasteiger partial charge is 0.264 e. The summed E-state index contributed by atoms with van der Waals surface area (Å²) in [5, 5.41) is 5.72. The van der Waals surface area contributed by atoms with Crippen LogP contribution in [0, 0.1) is 6.92 Å². The summed E-state index contributed by atoms with van der Waals surface area (Å²) >= 11 is 1.53. The third kappa shape index (κ3) is 3.47. The molecular weight excluding hydrogens is 384 g/mol. The van der Waals surface area contributed by atoms with Gasteiger partial charge in [0.25, 0.3) is 5.91 Å². The minimum atomic E-state index is 0.114. The molecule has 4 heterocycles. The Bertz CT molecular complexity index is 1120. The van der Waals surface area contributed by atoms with E-state index >= 15 is 0 Å². The molecule has 1 aliphatic rings. The average Bonchev–Trinajstić information content (AvgIpc) is 3.48. The summed E-state index contributed by atoms with van der Waals surface area (Å²) in [6.07, 6.45) is 1.70. The summed E-state index contributed by atoms with van der Waals surface area (Å²) in [6.45, 7) is 5.97. The fourth-order valence-corrected chi connectivity index (χ4v) is 4.94. The molecule has 4 aromatic rings. The molecule has 0 radical (unpaired) electrons. The highest BCUT2D eigenvalue weighted by atomic mass is 32.1. The van der Waals surface area contributed by atoms with E-state index in [1.54, 1.807) is 6.26 Å². The van der Waals surface area contributed by atoms with Crippen LogP contribution in [-0.2, 0) is 6.54 Å². The Morgan fingerprint density at radius 3 is 2.62 bits per heavy atom. The fourth-order valence-electron chi connectivity index (χ4n) is 3.78. The van der Waals surface area contributed by atoms with Gasteiger partial charge in [-0.25, -0.2) is 4.68 Å². The molecule has 3 aromatic heterocycles. The molecule has 0 saturated carbocycles. The second-order valence-electron chi connectivity index (χ2n) is 7.31. The number of aryl methyl sites for hydroxylation is 1. The van der Waals surface area contributed by atoms with E-state index in [2.05, 4.69) is 10.00 Å². The van der Waals surface area contributed by atoms with E-state index in [1.807, 2.05) is 65.0 Å². The summed E-state index contributed by atoms with van der Waals surface area (Å²) in [4.78, 5) is 19.2. The number of thiophene rings is 1. The number of amides is 1. The standard InChI is InChI=1S/C22H22N4O2S/c1-16-19-14-20(29-22(19)26(23-16)17-6-3-2-4-7-17)21(27)25-11-9-24(10-12-25)15-18-8-5-13-28-18/h2-8,13-14H,9-12,15H2,1H3. The molecule has 0 bridgehead atoms. The second-order valence-corrected chi connectivity index (χ2v) is 8.34. The summed E-state index contributed by atoms with van der Waals surface area (Å²) in [5.41, 5.74) is 1.96. The van der Waals surface area contributed by atoms with Gasteiger partial charge in [0.2, 0.25) is 0 Å².